The Labute approximate surface area is 393 Å². The SMILES string of the molecule is COC(=O)N[C@H](C(=O)N1CCC[C@H]1c1nc2cc([C@H]3CC[C@H](c4ccc5nc([C@@H]6CCCN6C(=O)[C@H](C(C)C)N(C)C(=O)O)[nH]c5c4)N3C3CCC(c4ccccc4)CC3)ccc2[nH]1)C(C)C. The van der Waals surface area contributed by atoms with Crippen LogP contribution in [0, 0.1) is 11.8 Å². The molecule has 9 rings (SSSR count). The number of likely N-dealkylation sites (tertiary alicyclic amines) is 3. The fourth-order valence-electron chi connectivity index (χ4n) is 12.0. The number of likely N-dealkylation sites (N-methyl/N-ethyl adjacent to an activating group) is 1. The highest BCUT2D eigenvalue weighted by atomic mass is 16.5. The molecule has 1 aliphatic carbocycles. The highest BCUT2D eigenvalue weighted by molar-refractivity contribution is 5.87. The predicted octanol–water partition coefficient (Wildman–Crippen LogP) is 9.39. The van der Waals surface area contributed by atoms with Gasteiger partial charge < -0.3 is 34.9 Å². The molecule has 4 N–H and O–H groups in total. The summed E-state index contributed by atoms with van der Waals surface area (Å²) in [5.41, 5.74) is 7.53. The monoisotopic (exact) mass is 914 g/mol. The average molecular weight is 914 g/mol. The zero-order chi connectivity index (χ0) is 47.1. The maximum Gasteiger partial charge on any atom is 0.407 e. The molecule has 0 spiro atoms. The summed E-state index contributed by atoms with van der Waals surface area (Å²) < 4.78 is 4.84. The van der Waals surface area contributed by atoms with E-state index in [0.717, 1.165) is 103 Å². The van der Waals surface area contributed by atoms with Crippen molar-refractivity contribution in [3.63, 3.8) is 0 Å². The Morgan fingerprint density at radius 3 is 1.90 bits per heavy atom. The fraction of sp³-hybridized carbons (Fsp3) is 0.538. The van der Waals surface area contributed by atoms with E-state index in [9.17, 15) is 24.3 Å². The summed E-state index contributed by atoms with van der Waals surface area (Å²) in [5, 5.41) is 12.5. The Balaban J connectivity index is 0.994. The summed E-state index contributed by atoms with van der Waals surface area (Å²) in [7, 11) is 2.78. The van der Waals surface area contributed by atoms with Crippen LogP contribution in [0.3, 0.4) is 0 Å². The van der Waals surface area contributed by atoms with Gasteiger partial charge in [0.1, 0.15) is 23.7 Å². The molecule has 3 aromatic carbocycles. The van der Waals surface area contributed by atoms with Crippen molar-refractivity contribution >= 4 is 46.1 Å². The number of fused-ring (bicyclic) bond motifs is 2. The Morgan fingerprint density at radius 2 is 1.28 bits per heavy atom. The van der Waals surface area contributed by atoms with E-state index < -0.39 is 24.3 Å². The van der Waals surface area contributed by atoms with E-state index in [4.69, 9.17) is 14.7 Å². The van der Waals surface area contributed by atoms with E-state index in [2.05, 4.69) is 86.9 Å². The maximum atomic E-state index is 14.0. The number of carbonyl (C=O) groups is 4. The number of nitrogens with zero attached hydrogens (tertiary/aromatic N) is 6. The van der Waals surface area contributed by atoms with Gasteiger partial charge in [0.15, 0.2) is 0 Å². The maximum absolute atomic E-state index is 14.0. The lowest BCUT2D eigenvalue weighted by Crippen LogP contribution is -2.51. The number of amides is 4. The third-order valence-electron chi connectivity index (χ3n) is 15.3. The van der Waals surface area contributed by atoms with Crippen molar-refractivity contribution in [3.8, 4) is 0 Å². The number of ether oxygens (including phenoxy) is 1. The summed E-state index contributed by atoms with van der Waals surface area (Å²) in [6.07, 6.45) is 7.95. The molecule has 356 valence electrons. The molecule has 4 amide bonds. The highest BCUT2D eigenvalue weighted by Gasteiger charge is 2.43. The van der Waals surface area contributed by atoms with Gasteiger partial charge in [-0.2, -0.15) is 0 Å². The van der Waals surface area contributed by atoms with Gasteiger partial charge in [-0.05, 0) is 123 Å². The molecule has 0 unspecified atom stereocenters. The molecule has 4 aliphatic rings. The van der Waals surface area contributed by atoms with Crippen molar-refractivity contribution in [2.24, 2.45) is 11.8 Å². The number of hydrogen-bond donors (Lipinski definition) is 4. The molecular weight excluding hydrogens is 847 g/mol. The molecule has 5 heterocycles. The molecule has 15 nitrogen and oxygen atoms in total. The third-order valence-corrected chi connectivity index (χ3v) is 15.3. The van der Waals surface area contributed by atoms with Gasteiger partial charge in [-0.3, -0.25) is 19.4 Å². The van der Waals surface area contributed by atoms with E-state index in [1.54, 1.807) is 0 Å². The number of carboxylic acid groups (broad SMARTS) is 1. The lowest BCUT2D eigenvalue weighted by molar-refractivity contribution is -0.138. The number of H-pyrrole nitrogens is 2. The van der Waals surface area contributed by atoms with Crippen LogP contribution >= 0.6 is 0 Å². The standard InChI is InChI=1S/C52H67N9O6/c1-30(2)45(57-51(64)67-6)49(62)59-26-10-14-43(59)47-53-37-22-18-34(28-39(37)55-47)41-24-25-42(61(41)36-20-16-33(17-21-36)32-12-8-7-9-13-32)35-19-23-38-40(29-35)56-48(54-38)44-15-11-27-60(44)50(63)46(31(3)4)58(5)52(65)66/h7-9,12-13,18-19,22-23,28-31,33,36,41-46H,10-11,14-17,20-21,24-27H2,1-6H3,(H,53,55)(H,54,56)(H,57,64)(H,65,66)/t33?,36?,41-,42-,43+,44+,45+,46+/m1/s1. The smallest absolute Gasteiger partial charge is 0.407 e. The van der Waals surface area contributed by atoms with Gasteiger partial charge in [-0.1, -0.05) is 70.2 Å². The molecule has 5 aromatic rings. The predicted molar refractivity (Wildman–Crippen MR) is 256 cm³/mol. The van der Waals surface area contributed by atoms with Gasteiger partial charge in [0, 0.05) is 38.3 Å². The number of aromatic nitrogens is 4. The van der Waals surface area contributed by atoms with E-state index in [1.165, 1.54) is 30.8 Å². The fourth-order valence-corrected chi connectivity index (χ4v) is 12.0. The normalized spacial score (nSPS) is 24.5. The lowest BCUT2D eigenvalue weighted by atomic mass is 9.80. The molecule has 0 radical (unpaired) electrons. The average Bonchev–Trinajstić information content (AvgIpc) is 4.19. The number of nitrogens with one attached hydrogen (secondary N) is 3. The first kappa shape index (κ1) is 46.2. The Bertz CT molecular complexity index is 2580. The number of methoxy groups -OCH3 is 1. The number of hydrogen-bond acceptors (Lipinski definition) is 8. The van der Waals surface area contributed by atoms with Crippen LogP contribution in [-0.2, 0) is 14.3 Å². The van der Waals surface area contributed by atoms with Gasteiger partial charge in [0.2, 0.25) is 11.8 Å². The second-order valence-corrected chi connectivity index (χ2v) is 20.1. The number of alkyl carbamates (subject to hydrolysis) is 1. The number of aromatic amines is 2. The second-order valence-electron chi connectivity index (χ2n) is 20.1. The van der Waals surface area contributed by atoms with Crippen LogP contribution < -0.4 is 5.32 Å². The lowest BCUT2D eigenvalue weighted by Gasteiger charge is -2.41. The minimum atomic E-state index is -1.11. The quantitative estimate of drug-likeness (QED) is 0.0949. The van der Waals surface area contributed by atoms with Crippen molar-refractivity contribution in [1.82, 2.24) is 44.9 Å². The molecule has 0 bridgehead atoms. The largest absolute Gasteiger partial charge is 0.465 e. The topological polar surface area (TPSA) is 180 Å². The van der Waals surface area contributed by atoms with Gasteiger partial charge >= 0.3 is 12.2 Å². The minimum absolute atomic E-state index is 0.116. The van der Waals surface area contributed by atoms with Gasteiger partial charge in [0.25, 0.3) is 0 Å². The van der Waals surface area contributed by atoms with E-state index in [1.807, 2.05) is 37.5 Å². The van der Waals surface area contributed by atoms with E-state index in [-0.39, 0.29) is 47.8 Å². The first-order valence-corrected chi connectivity index (χ1v) is 24.5. The second kappa shape index (κ2) is 19.3. The minimum Gasteiger partial charge on any atom is -0.465 e. The number of imidazole rings is 2. The van der Waals surface area contributed by atoms with Crippen molar-refractivity contribution in [1.29, 1.82) is 0 Å². The molecular formula is C52H67N9O6. The van der Waals surface area contributed by atoms with Crippen LogP contribution in [0.1, 0.15) is 150 Å². The van der Waals surface area contributed by atoms with Crippen molar-refractivity contribution in [2.45, 2.75) is 140 Å². The van der Waals surface area contributed by atoms with Crippen LogP contribution in [0.4, 0.5) is 9.59 Å². The van der Waals surface area contributed by atoms with Crippen molar-refractivity contribution < 1.29 is 29.0 Å². The van der Waals surface area contributed by atoms with Gasteiger partial charge in [0.05, 0.1) is 41.3 Å². The zero-order valence-corrected chi connectivity index (χ0v) is 39.8. The Hall–Kier alpha value is -5.96. The molecule has 3 saturated heterocycles. The Kier molecular flexibility index (Phi) is 13.3. The molecule has 1 saturated carbocycles. The van der Waals surface area contributed by atoms with Crippen LogP contribution in [0.25, 0.3) is 22.1 Å². The number of benzene rings is 3. The zero-order valence-electron chi connectivity index (χ0n) is 39.8. The van der Waals surface area contributed by atoms with Crippen LogP contribution in [0.5, 0.6) is 0 Å². The molecule has 6 atom stereocenters. The Morgan fingerprint density at radius 1 is 0.687 bits per heavy atom. The molecule has 3 aliphatic heterocycles. The molecule has 2 aromatic heterocycles. The third kappa shape index (κ3) is 9.11. The summed E-state index contributed by atoms with van der Waals surface area (Å²) in [6.45, 7) is 8.79. The van der Waals surface area contributed by atoms with Crippen molar-refractivity contribution in [2.75, 3.05) is 27.2 Å². The highest BCUT2D eigenvalue weighted by Crippen LogP contribution is 2.50. The van der Waals surface area contributed by atoms with E-state index in [0.29, 0.717) is 25.0 Å². The van der Waals surface area contributed by atoms with Crippen LogP contribution in [0.15, 0.2) is 66.7 Å². The van der Waals surface area contributed by atoms with Gasteiger partial charge in [-0.25, -0.2) is 19.6 Å². The summed E-state index contributed by atoms with van der Waals surface area (Å²) in [6, 6.07) is 23.0. The summed E-state index contributed by atoms with van der Waals surface area (Å²) in [4.78, 5) is 77.1. The molecule has 4 fully saturated rings. The first-order chi connectivity index (χ1) is 32.3. The van der Waals surface area contributed by atoms with Crippen LogP contribution in [0.2, 0.25) is 0 Å². The summed E-state index contributed by atoms with van der Waals surface area (Å²) >= 11 is 0. The number of carbonyl (C=O) groups excluding carboxylic acids is 3. The van der Waals surface area contributed by atoms with Gasteiger partial charge in [-0.15, -0.1) is 0 Å². The first-order valence-electron chi connectivity index (χ1n) is 24.5. The number of rotatable bonds is 12. The molecule has 67 heavy (non-hydrogen) atoms. The molecule has 15 heteroatoms. The van der Waals surface area contributed by atoms with Crippen LogP contribution in [-0.4, -0.2) is 114 Å². The van der Waals surface area contributed by atoms with Crippen molar-refractivity contribution in [3.05, 3.63) is 95.1 Å². The summed E-state index contributed by atoms with van der Waals surface area (Å²) in [5.74, 6) is 1.46. The van der Waals surface area contributed by atoms with E-state index >= 15 is 0 Å².